The van der Waals surface area contributed by atoms with Crippen molar-refractivity contribution in [2.75, 3.05) is 0 Å². The van der Waals surface area contributed by atoms with Gasteiger partial charge >= 0.3 is 0 Å². The van der Waals surface area contributed by atoms with E-state index in [-0.39, 0.29) is 0 Å². The molecule has 0 bridgehead atoms. The fraction of sp³-hybridized carbons (Fsp3) is 0.125. The van der Waals surface area contributed by atoms with Crippen LogP contribution < -0.4 is 0 Å². The van der Waals surface area contributed by atoms with Crippen LogP contribution in [0, 0.1) is 6.92 Å². The van der Waals surface area contributed by atoms with Gasteiger partial charge in [-0.15, -0.1) is 0 Å². The third-order valence-corrected chi connectivity index (χ3v) is 3.09. The normalized spacial score (nSPS) is 17.1. The zero-order valence-corrected chi connectivity index (χ0v) is 10.5. The molecule has 0 amide bonds. The van der Waals surface area contributed by atoms with Crippen LogP contribution in [-0.2, 0) is 9.53 Å². The first-order valence-corrected chi connectivity index (χ1v) is 6.14. The van der Waals surface area contributed by atoms with E-state index >= 15 is 0 Å². The summed E-state index contributed by atoms with van der Waals surface area (Å²) in [6.07, 6.45) is 0.234. The van der Waals surface area contributed by atoms with Gasteiger partial charge in [0.2, 0.25) is 5.90 Å². The number of aliphatic imine (C=N–C) groups is 1. The van der Waals surface area contributed by atoms with Gasteiger partial charge in [-0.25, -0.2) is 4.99 Å². The largest absolute Gasteiger partial charge is 0.461 e. The van der Waals surface area contributed by atoms with Crippen molar-refractivity contribution < 1.29 is 9.53 Å². The van der Waals surface area contributed by atoms with Gasteiger partial charge in [0, 0.05) is 11.1 Å². The van der Waals surface area contributed by atoms with Crippen molar-refractivity contribution >= 4 is 17.9 Å². The smallest absolute Gasteiger partial charge is 0.222 e. The predicted molar refractivity (Wildman–Crippen MR) is 73.7 cm³/mol. The molecule has 0 N–H and O–H groups in total. The van der Waals surface area contributed by atoms with Crippen LogP contribution in [-0.4, -0.2) is 12.2 Å². The Hall–Kier alpha value is -2.42. The number of hydrogen-bond acceptors (Lipinski definition) is 3. The molecule has 0 radical (unpaired) electrons. The lowest BCUT2D eigenvalue weighted by Gasteiger charge is -2.22. The summed E-state index contributed by atoms with van der Waals surface area (Å²) >= 11 is 0. The van der Waals surface area contributed by atoms with Gasteiger partial charge in [-0.1, -0.05) is 29.8 Å². The Labute approximate surface area is 111 Å². The van der Waals surface area contributed by atoms with Crippen molar-refractivity contribution in [3.05, 3.63) is 65.2 Å². The molecule has 0 spiro atoms. The minimum atomic E-state index is -0.581. The van der Waals surface area contributed by atoms with E-state index in [1.54, 1.807) is 0 Å². The van der Waals surface area contributed by atoms with Gasteiger partial charge in [0.05, 0.1) is 5.69 Å². The van der Waals surface area contributed by atoms with Gasteiger partial charge in [0.1, 0.15) is 0 Å². The third-order valence-electron chi connectivity index (χ3n) is 3.09. The SMILES string of the molecule is Cc1ccc2c(c1)C(C=O)OC(c1ccccc1)=N2. The molecule has 1 unspecified atom stereocenters. The van der Waals surface area contributed by atoms with Gasteiger partial charge in [0.15, 0.2) is 12.4 Å². The quantitative estimate of drug-likeness (QED) is 0.768. The number of carbonyl (C=O) groups excluding carboxylic acids is 1. The molecular weight excluding hydrogens is 238 g/mol. The summed E-state index contributed by atoms with van der Waals surface area (Å²) in [5, 5.41) is 0. The Morgan fingerprint density at radius 3 is 2.68 bits per heavy atom. The summed E-state index contributed by atoms with van der Waals surface area (Å²) in [6, 6.07) is 15.5. The number of benzene rings is 2. The fourth-order valence-electron chi connectivity index (χ4n) is 2.14. The number of hydrogen-bond donors (Lipinski definition) is 0. The monoisotopic (exact) mass is 251 g/mol. The van der Waals surface area contributed by atoms with Crippen LogP contribution in [0.15, 0.2) is 53.5 Å². The van der Waals surface area contributed by atoms with Crippen LogP contribution >= 0.6 is 0 Å². The summed E-state index contributed by atoms with van der Waals surface area (Å²) < 4.78 is 5.69. The summed E-state index contributed by atoms with van der Waals surface area (Å²) in [5.74, 6) is 0.494. The molecule has 1 aliphatic heterocycles. The standard InChI is InChI=1S/C16H13NO2/c1-11-7-8-14-13(9-11)15(10-18)19-16(17-14)12-5-3-2-4-6-12/h2-10,15H,1H3. The summed E-state index contributed by atoms with van der Waals surface area (Å²) in [4.78, 5) is 15.7. The van der Waals surface area contributed by atoms with Crippen molar-refractivity contribution in [3.8, 4) is 0 Å². The second-order valence-electron chi connectivity index (χ2n) is 4.52. The third kappa shape index (κ3) is 2.15. The molecule has 1 aliphatic rings. The second-order valence-corrected chi connectivity index (χ2v) is 4.52. The van der Waals surface area contributed by atoms with Crippen molar-refractivity contribution in [2.24, 2.45) is 4.99 Å². The molecule has 0 saturated heterocycles. The van der Waals surface area contributed by atoms with Crippen LogP contribution in [0.4, 0.5) is 5.69 Å². The van der Waals surface area contributed by atoms with Crippen LogP contribution in [0.2, 0.25) is 0 Å². The molecule has 19 heavy (non-hydrogen) atoms. The zero-order valence-electron chi connectivity index (χ0n) is 10.5. The molecule has 1 heterocycles. The molecule has 1 atom stereocenters. The molecule has 0 saturated carbocycles. The highest BCUT2D eigenvalue weighted by molar-refractivity contribution is 5.98. The van der Waals surface area contributed by atoms with Crippen molar-refractivity contribution in [1.29, 1.82) is 0 Å². The lowest BCUT2D eigenvalue weighted by Crippen LogP contribution is -2.17. The van der Waals surface area contributed by atoms with Gasteiger partial charge in [0.25, 0.3) is 0 Å². The fourth-order valence-corrected chi connectivity index (χ4v) is 2.14. The molecule has 0 fully saturated rings. The maximum atomic E-state index is 11.2. The van der Waals surface area contributed by atoms with Gasteiger partial charge in [-0.3, -0.25) is 4.79 Å². The van der Waals surface area contributed by atoms with E-state index in [0.29, 0.717) is 5.90 Å². The average Bonchev–Trinajstić information content (AvgIpc) is 2.47. The summed E-state index contributed by atoms with van der Waals surface area (Å²) in [6.45, 7) is 1.98. The van der Waals surface area contributed by atoms with Crippen molar-refractivity contribution in [2.45, 2.75) is 13.0 Å². The molecule has 0 aromatic heterocycles. The van der Waals surface area contributed by atoms with Crippen LogP contribution in [0.1, 0.15) is 22.8 Å². The van der Waals surface area contributed by atoms with Gasteiger partial charge in [-0.2, -0.15) is 0 Å². The maximum Gasteiger partial charge on any atom is 0.222 e. The first kappa shape index (κ1) is 11.7. The number of nitrogens with zero attached hydrogens (tertiary/aromatic N) is 1. The first-order chi connectivity index (χ1) is 9.28. The number of carbonyl (C=O) groups is 1. The Bertz CT molecular complexity index is 647. The Balaban J connectivity index is 2.11. The van der Waals surface area contributed by atoms with Crippen molar-refractivity contribution in [3.63, 3.8) is 0 Å². The number of aldehydes is 1. The molecule has 3 rings (SSSR count). The van der Waals surface area contributed by atoms with E-state index < -0.39 is 6.10 Å². The molecule has 3 heteroatoms. The minimum Gasteiger partial charge on any atom is -0.461 e. The highest BCUT2D eigenvalue weighted by Crippen LogP contribution is 2.33. The Kier molecular flexibility index (Phi) is 2.88. The van der Waals surface area contributed by atoms with E-state index in [4.69, 9.17) is 4.74 Å². The molecular formula is C16H13NO2. The van der Waals surface area contributed by atoms with Crippen molar-refractivity contribution in [1.82, 2.24) is 0 Å². The minimum absolute atomic E-state index is 0.494. The molecule has 2 aromatic rings. The topological polar surface area (TPSA) is 38.7 Å². The highest BCUT2D eigenvalue weighted by Gasteiger charge is 2.24. The van der Waals surface area contributed by atoms with Crippen LogP contribution in [0.25, 0.3) is 0 Å². The van der Waals surface area contributed by atoms with Gasteiger partial charge in [-0.05, 0) is 31.2 Å². The summed E-state index contributed by atoms with van der Waals surface area (Å²) in [7, 11) is 0. The van der Waals surface area contributed by atoms with E-state index in [1.807, 2.05) is 55.5 Å². The number of ether oxygens (including phenoxy) is 1. The van der Waals surface area contributed by atoms with E-state index in [2.05, 4.69) is 4.99 Å². The van der Waals surface area contributed by atoms with Crippen LogP contribution in [0.3, 0.4) is 0 Å². The average molecular weight is 251 g/mol. The van der Waals surface area contributed by atoms with E-state index in [0.717, 1.165) is 28.7 Å². The van der Waals surface area contributed by atoms with E-state index in [1.165, 1.54) is 0 Å². The molecule has 3 nitrogen and oxygen atoms in total. The zero-order chi connectivity index (χ0) is 13.2. The molecule has 94 valence electrons. The Morgan fingerprint density at radius 2 is 1.95 bits per heavy atom. The van der Waals surface area contributed by atoms with Crippen LogP contribution in [0.5, 0.6) is 0 Å². The first-order valence-electron chi connectivity index (χ1n) is 6.14. The lowest BCUT2D eigenvalue weighted by molar-refractivity contribution is -0.114. The van der Waals surface area contributed by atoms with Gasteiger partial charge < -0.3 is 4.74 Å². The number of aryl methyl sites for hydroxylation is 1. The highest BCUT2D eigenvalue weighted by atomic mass is 16.5. The molecule has 0 aliphatic carbocycles. The number of fused-ring (bicyclic) bond motifs is 1. The maximum absolute atomic E-state index is 11.2. The summed E-state index contributed by atoms with van der Waals surface area (Å²) in [5.41, 5.74) is 3.59. The molecule has 2 aromatic carbocycles. The second kappa shape index (κ2) is 4.69. The predicted octanol–water partition coefficient (Wildman–Crippen LogP) is 3.34. The Morgan fingerprint density at radius 1 is 1.16 bits per heavy atom. The van der Waals surface area contributed by atoms with E-state index in [9.17, 15) is 4.79 Å². The lowest BCUT2D eigenvalue weighted by atomic mass is 10.0. The number of rotatable bonds is 2.